The van der Waals surface area contributed by atoms with Crippen molar-refractivity contribution in [2.45, 2.75) is 12.6 Å². The normalized spacial score (nSPS) is 12.5. The number of nitrogens with one attached hydrogen (secondary N) is 1. The monoisotopic (exact) mass is 360 g/mol. The summed E-state index contributed by atoms with van der Waals surface area (Å²) in [6.45, 7) is 0.292. The van der Waals surface area contributed by atoms with Gasteiger partial charge in [-0.15, -0.1) is 0 Å². The maximum absolute atomic E-state index is 12.4. The zero-order valence-electron chi connectivity index (χ0n) is 9.67. The minimum atomic E-state index is -4.39. The van der Waals surface area contributed by atoms with Gasteiger partial charge >= 0.3 is 6.18 Å². The van der Waals surface area contributed by atoms with Crippen molar-refractivity contribution >= 4 is 31.6 Å². The van der Waals surface area contributed by atoms with E-state index in [4.69, 9.17) is 5.14 Å². The summed E-state index contributed by atoms with van der Waals surface area (Å²) < 4.78 is 58.9. The summed E-state index contributed by atoms with van der Waals surface area (Å²) in [7, 11) is -3.52. The number of benzene rings is 1. The van der Waals surface area contributed by atoms with Crippen molar-refractivity contribution in [2.75, 3.05) is 17.6 Å². The minimum absolute atomic E-state index is 0.182. The summed E-state index contributed by atoms with van der Waals surface area (Å²) in [5.74, 6) is -0.182. The predicted octanol–water partition coefficient (Wildman–Crippen LogP) is 2.56. The molecule has 9 heteroatoms. The van der Waals surface area contributed by atoms with Gasteiger partial charge in [0.15, 0.2) is 0 Å². The minimum Gasteiger partial charge on any atom is -0.384 e. The molecule has 108 valence electrons. The lowest BCUT2D eigenvalue weighted by molar-refractivity contribution is -0.137. The quantitative estimate of drug-likeness (QED) is 0.792. The second kappa shape index (κ2) is 6.10. The fraction of sp³-hybridized carbons (Fsp3) is 0.400. The summed E-state index contributed by atoms with van der Waals surface area (Å²) >= 11 is 3.03. The second-order valence-corrected chi connectivity index (χ2v) is 6.43. The summed E-state index contributed by atoms with van der Waals surface area (Å²) in [5.41, 5.74) is -0.295. The van der Waals surface area contributed by atoms with Gasteiger partial charge in [-0.1, -0.05) is 0 Å². The van der Waals surface area contributed by atoms with Gasteiger partial charge in [0.2, 0.25) is 10.0 Å². The van der Waals surface area contributed by atoms with Crippen LogP contribution in [0.25, 0.3) is 0 Å². The molecule has 3 N–H and O–H groups in total. The average Bonchev–Trinajstić information content (AvgIpc) is 2.23. The lowest BCUT2D eigenvalue weighted by atomic mass is 10.2. The Morgan fingerprint density at radius 3 is 2.42 bits per heavy atom. The standard InChI is InChI=1S/C10H12BrF3N2O2S/c11-8-6-7(10(12,13)14)2-3-9(8)16-4-1-5-19(15,17)18/h2-3,6,16H,1,4-5H2,(H2,15,17,18). The van der Waals surface area contributed by atoms with Gasteiger partial charge < -0.3 is 5.32 Å². The van der Waals surface area contributed by atoms with E-state index in [2.05, 4.69) is 21.2 Å². The number of alkyl halides is 3. The summed E-state index contributed by atoms with van der Waals surface area (Å²) in [6, 6.07) is 3.19. The van der Waals surface area contributed by atoms with Crippen LogP contribution in [0.2, 0.25) is 0 Å². The first-order valence-electron chi connectivity index (χ1n) is 5.21. The van der Waals surface area contributed by atoms with Gasteiger partial charge in [0.25, 0.3) is 0 Å². The van der Waals surface area contributed by atoms with Gasteiger partial charge in [-0.3, -0.25) is 0 Å². The molecule has 1 aromatic carbocycles. The van der Waals surface area contributed by atoms with Crippen LogP contribution in [-0.4, -0.2) is 20.7 Å². The smallest absolute Gasteiger partial charge is 0.384 e. The van der Waals surface area contributed by atoms with Crippen molar-refractivity contribution in [3.05, 3.63) is 28.2 Å². The molecule has 19 heavy (non-hydrogen) atoms. The van der Waals surface area contributed by atoms with E-state index in [0.717, 1.165) is 12.1 Å². The number of hydrogen-bond donors (Lipinski definition) is 2. The Bertz CT molecular complexity index is 546. The Hall–Kier alpha value is -0.800. The highest BCUT2D eigenvalue weighted by Gasteiger charge is 2.30. The van der Waals surface area contributed by atoms with E-state index in [-0.39, 0.29) is 16.6 Å². The fourth-order valence-corrected chi connectivity index (χ4v) is 2.40. The molecule has 0 aromatic heterocycles. The number of anilines is 1. The molecule has 0 amide bonds. The molecule has 0 aliphatic rings. The molecule has 0 unspecified atom stereocenters. The first-order chi connectivity index (χ1) is 8.59. The van der Waals surface area contributed by atoms with Gasteiger partial charge in [-0.2, -0.15) is 13.2 Å². The van der Waals surface area contributed by atoms with Crippen molar-refractivity contribution in [2.24, 2.45) is 5.14 Å². The van der Waals surface area contributed by atoms with Crippen molar-refractivity contribution in [1.29, 1.82) is 0 Å². The number of hydrogen-bond acceptors (Lipinski definition) is 3. The maximum Gasteiger partial charge on any atom is 0.416 e. The number of nitrogens with two attached hydrogens (primary N) is 1. The Morgan fingerprint density at radius 1 is 1.32 bits per heavy atom. The first-order valence-corrected chi connectivity index (χ1v) is 7.71. The van der Waals surface area contributed by atoms with Gasteiger partial charge in [0.05, 0.1) is 11.3 Å². The van der Waals surface area contributed by atoms with Crippen molar-refractivity contribution in [3.63, 3.8) is 0 Å². The topological polar surface area (TPSA) is 72.2 Å². The molecular weight excluding hydrogens is 349 g/mol. The molecule has 0 atom stereocenters. The van der Waals surface area contributed by atoms with Crippen molar-refractivity contribution < 1.29 is 21.6 Å². The number of sulfonamides is 1. The number of rotatable bonds is 5. The van der Waals surface area contributed by atoms with Gasteiger partial charge in [0, 0.05) is 16.7 Å². The number of halogens is 4. The van der Waals surface area contributed by atoms with E-state index in [1.54, 1.807) is 0 Å². The largest absolute Gasteiger partial charge is 0.416 e. The van der Waals surface area contributed by atoms with Crippen LogP contribution >= 0.6 is 15.9 Å². The molecule has 0 fully saturated rings. The summed E-state index contributed by atoms with van der Waals surface area (Å²) in [4.78, 5) is 0. The number of primary sulfonamides is 1. The molecule has 1 aromatic rings. The van der Waals surface area contributed by atoms with Crippen LogP contribution in [0.15, 0.2) is 22.7 Å². The van der Waals surface area contributed by atoms with Crippen LogP contribution in [0.1, 0.15) is 12.0 Å². The Kier molecular flexibility index (Phi) is 5.22. The highest BCUT2D eigenvalue weighted by atomic mass is 79.9. The van der Waals surface area contributed by atoms with Gasteiger partial charge in [0.1, 0.15) is 0 Å². The maximum atomic E-state index is 12.4. The Morgan fingerprint density at radius 2 is 1.95 bits per heavy atom. The van der Waals surface area contributed by atoms with E-state index in [1.165, 1.54) is 6.07 Å². The zero-order chi connectivity index (χ0) is 14.7. The molecule has 1 rings (SSSR count). The highest BCUT2D eigenvalue weighted by molar-refractivity contribution is 9.10. The zero-order valence-corrected chi connectivity index (χ0v) is 12.1. The van der Waals surface area contributed by atoms with E-state index >= 15 is 0 Å². The summed E-state index contributed by atoms with van der Waals surface area (Å²) in [5, 5.41) is 7.65. The van der Waals surface area contributed by atoms with E-state index in [1.807, 2.05) is 0 Å². The Labute approximate surface area is 117 Å². The van der Waals surface area contributed by atoms with Crippen molar-refractivity contribution in [1.82, 2.24) is 0 Å². The lowest BCUT2D eigenvalue weighted by Gasteiger charge is -2.11. The molecule has 0 radical (unpaired) electrons. The lowest BCUT2D eigenvalue weighted by Crippen LogP contribution is -2.18. The molecule has 4 nitrogen and oxygen atoms in total. The van der Waals surface area contributed by atoms with Crippen LogP contribution in [0.4, 0.5) is 18.9 Å². The predicted molar refractivity (Wildman–Crippen MR) is 70.2 cm³/mol. The van der Waals surface area contributed by atoms with Crippen LogP contribution < -0.4 is 10.5 Å². The van der Waals surface area contributed by atoms with Crippen LogP contribution in [0.3, 0.4) is 0 Å². The molecule has 0 aliphatic heterocycles. The molecule has 0 saturated carbocycles. The Balaban J connectivity index is 2.61. The van der Waals surface area contributed by atoms with Crippen LogP contribution in [0.5, 0.6) is 0 Å². The SMILES string of the molecule is NS(=O)(=O)CCCNc1ccc(C(F)(F)F)cc1Br. The van der Waals surface area contributed by atoms with Crippen molar-refractivity contribution in [3.8, 4) is 0 Å². The molecule has 0 aliphatic carbocycles. The van der Waals surface area contributed by atoms with Crippen LogP contribution in [-0.2, 0) is 16.2 Å². The molecular formula is C10H12BrF3N2O2S. The van der Waals surface area contributed by atoms with E-state index < -0.39 is 21.8 Å². The van der Waals surface area contributed by atoms with E-state index in [0.29, 0.717) is 12.2 Å². The molecule has 0 bridgehead atoms. The summed E-state index contributed by atoms with van der Waals surface area (Å²) in [6.07, 6.45) is -4.12. The molecule has 0 saturated heterocycles. The highest BCUT2D eigenvalue weighted by Crippen LogP contribution is 2.33. The molecule has 0 heterocycles. The third-order valence-corrected chi connectivity index (χ3v) is 3.73. The fourth-order valence-electron chi connectivity index (χ4n) is 1.33. The van der Waals surface area contributed by atoms with Crippen LogP contribution in [0, 0.1) is 0 Å². The molecule has 0 spiro atoms. The third kappa shape index (κ3) is 5.79. The second-order valence-electron chi connectivity index (χ2n) is 3.84. The van der Waals surface area contributed by atoms with Gasteiger partial charge in [-0.25, -0.2) is 13.6 Å². The third-order valence-electron chi connectivity index (χ3n) is 2.22. The van der Waals surface area contributed by atoms with Gasteiger partial charge in [-0.05, 0) is 40.5 Å². The van der Waals surface area contributed by atoms with E-state index in [9.17, 15) is 21.6 Å². The average molecular weight is 361 g/mol. The first kappa shape index (κ1) is 16.3.